The van der Waals surface area contributed by atoms with Crippen LogP contribution in [0.1, 0.15) is 18.4 Å². The fraction of sp³-hybridized carbons (Fsp3) is 0.333. The van der Waals surface area contributed by atoms with Gasteiger partial charge in [0.1, 0.15) is 5.75 Å². The smallest absolute Gasteiger partial charge is 0.262 e. The zero-order valence-corrected chi connectivity index (χ0v) is 18.4. The van der Waals surface area contributed by atoms with Crippen molar-refractivity contribution in [3.63, 3.8) is 0 Å². The molecule has 0 radical (unpaired) electrons. The van der Waals surface area contributed by atoms with Gasteiger partial charge in [0.2, 0.25) is 15.9 Å². The number of piperidine rings is 1. The fourth-order valence-corrected chi connectivity index (χ4v) is 5.53. The summed E-state index contributed by atoms with van der Waals surface area (Å²) in [5.41, 5.74) is 1.81. The molecule has 8 nitrogen and oxygen atoms in total. The van der Waals surface area contributed by atoms with Crippen molar-refractivity contribution in [3.05, 3.63) is 47.0 Å². The number of carbonyl (C=O) groups is 2. The highest BCUT2D eigenvalue weighted by atomic mass is 35.5. The molecule has 2 aromatic rings. The first-order valence-corrected chi connectivity index (χ1v) is 11.7. The van der Waals surface area contributed by atoms with Gasteiger partial charge < -0.3 is 15.4 Å². The van der Waals surface area contributed by atoms with Gasteiger partial charge >= 0.3 is 0 Å². The number of benzene rings is 2. The molecule has 0 unspecified atom stereocenters. The lowest BCUT2D eigenvalue weighted by molar-refractivity contribution is -0.121. The molecule has 2 aliphatic rings. The van der Waals surface area contributed by atoms with Crippen LogP contribution < -0.4 is 15.4 Å². The molecule has 2 heterocycles. The minimum absolute atomic E-state index is 0.0478. The third-order valence-corrected chi connectivity index (χ3v) is 7.52. The van der Waals surface area contributed by atoms with Crippen LogP contribution in [0.4, 0.5) is 11.4 Å². The summed E-state index contributed by atoms with van der Waals surface area (Å²) in [7, 11) is -3.84. The van der Waals surface area contributed by atoms with Crippen molar-refractivity contribution in [3.8, 4) is 5.75 Å². The van der Waals surface area contributed by atoms with Crippen molar-refractivity contribution < 1.29 is 22.7 Å². The summed E-state index contributed by atoms with van der Waals surface area (Å²) in [6.07, 6.45) is 1.17. The second kappa shape index (κ2) is 8.49. The van der Waals surface area contributed by atoms with Crippen LogP contribution in [0.2, 0.25) is 5.02 Å². The Morgan fingerprint density at radius 3 is 2.84 bits per heavy atom. The molecule has 4 rings (SSSR count). The first-order valence-electron chi connectivity index (χ1n) is 9.88. The van der Waals surface area contributed by atoms with Crippen LogP contribution in [0.3, 0.4) is 0 Å². The molecule has 31 heavy (non-hydrogen) atoms. The molecule has 1 fully saturated rings. The second-order valence-corrected chi connectivity index (χ2v) is 10.0. The third kappa shape index (κ3) is 4.53. The van der Waals surface area contributed by atoms with Gasteiger partial charge in [-0.25, -0.2) is 8.42 Å². The molecule has 2 N–H and O–H groups in total. The van der Waals surface area contributed by atoms with Gasteiger partial charge in [0.05, 0.1) is 16.5 Å². The fourth-order valence-electron chi connectivity index (χ4n) is 3.75. The van der Waals surface area contributed by atoms with Crippen LogP contribution in [0.5, 0.6) is 5.75 Å². The molecular weight excluding hydrogens is 442 g/mol. The molecule has 164 valence electrons. The van der Waals surface area contributed by atoms with E-state index in [-0.39, 0.29) is 29.9 Å². The van der Waals surface area contributed by atoms with Crippen LogP contribution in [0.15, 0.2) is 41.3 Å². The van der Waals surface area contributed by atoms with Gasteiger partial charge in [0.25, 0.3) is 5.91 Å². The predicted molar refractivity (Wildman–Crippen MR) is 117 cm³/mol. The van der Waals surface area contributed by atoms with Crippen LogP contribution in [-0.2, 0) is 19.6 Å². The van der Waals surface area contributed by atoms with Gasteiger partial charge in [-0.05, 0) is 61.7 Å². The van der Waals surface area contributed by atoms with Crippen molar-refractivity contribution in [2.75, 3.05) is 30.3 Å². The molecule has 0 saturated carbocycles. The maximum absolute atomic E-state index is 13.2. The van der Waals surface area contributed by atoms with Crippen molar-refractivity contribution in [2.45, 2.75) is 24.7 Å². The molecule has 0 spiro atoms. The highest BCUT2D eigenvalue weighted by Crippen LogP contribution is 2.32. The number of nitrogens with zero attached hydrogens (tertiary/aromatic N) is 1. The topological polar surface area (TPSA) is 105 Å². The molecule has 2 aliphatic heterocycles. The highest BCUT2D eigenvalue weighted by Gasteiger charge is 2.34. The van der Waals surface area contributed by atoms with Crippen LogP contribution in [0.25, 0.3) is 0 Å². The molecule has 10 heteroatoms. The van der Waals surface area contributed by atoms with E-state index in [1.807, 2.05) is 6.92 Å². The number of hydrogen-bond acceptors (Lipinski definition) is 5. The van der Waals surface area contributed by atoms with E-state index >= 15 is 0 Å². The predicted octanol–water partition coefficient (Wildman–Crippen LogP) is 3.02. The quantitative estimate of drug-likeness (QED) is 0.725. The van der Waals surface area contributed by atoms with Gasteiger partial charge in [-0.1, -0.05) is 11.6 Å². The van der Waals surface area contributed by atoms with Crippen LogP contribution in [-0.4, -0.2) is 44.2 Å². The Labute approximate surface area is 185 Å². The Balaban J connectivity index is 1.50. The maximum atomic E-state index is 13.2. The van der Waals surface area contributed by atoms with E-state index in [9.17, 15) is 18.0 Å². The van der Waals surface area contributed by atoms with E-state index in [4.69, 9.17) is 16.3 Å². The average molecular weight is 464 g/mol. The molecule has 0 aliphatic carbocycles. The summed E-state index contributed by atoms with van der Waals surface area (Å²) in [5.74, 6) is -0.613. The van der Waals surface area contributed by atoms with E-state index in [1.165, 1.54) is 22.5 Å². The lowest BCUT2D eigenvalue weighted by Gasteiger charge is -2.31. The van der Waals surface area contributed by atoms with Crippen molar-refractivity contribution in [1.29, 1.82) is 0 Å². The van der Waals surface area contributed by atoms with Gasteiger partial charge in [0.15, 0.2) is 6.61 Å². The Hall–Kier alpha value is -2.62. The van der Waals surface area contributed by atoms with Gasteiger partial charge in [0, 0.05) is 23.8 Å². The molecule has 0 aromatic heterocycles. The molecule has 2 aromatic carbocycles. The van der Waals surface area contributed by atoms with Gasteiger partial charge in [-0.2, -0.15) is 4.31 Å². The Morgan fingerprint density at radius 1 is 1.26 bits per heavy atom. The number of amides is 2. The molecule has 0 bridgehead atoms. The average Bonchev–Trinajstić information content (AvgIpc) is 2.75. The Kier molecular flexibility index (Phi) is 5.92. The third-order valence-electron chi connectivity index (χ3n) is 5.42. The standard InChI is InChI=1S/C21H22ClN3O5S/c1-13-9-15(22)4-6-17(13)24-21(27)14-3-2-8-25(11-14)31(28,29)16-5-7-19-18(10-16)23-20(26)12-30-19/h4-7,9-10,14H,2-3,8,11-12H2,1H3,(H,23,26)(H,24,27)/t14-/m0/s1. The maximum Gasteiger partial charge on any atom is 0.262 e. The first-order chi connectivity index (χ1) is 14.7. The Bertz CT molecular complexity index is 1150. The van der Waals surface area contributed by atoms with E-state index in [2.05, 4.69) is 10.6 Å². The zero-order chi connectivity index (χ0) is 22.2. The number of carbonyl (C=O) groups excluding carboxylic acids is 2. The number of fused-ring (bicyclic) bond motifs is 1. The number of hydrogen-bond donors (Lipinski definition) is 2. The van der Waals surface area contributed by atoms with Gasteiger partial charge in [-0.15, -0.1) is 0 Å². The highest BCUT2D eigenvalue weighted by molar-refractivity contribution is 7.89. The normalized spacial score (nSPS) is 19.2. The number of sulfonamides is 1. The molecule has 1 atom stereocenters. The van der Waals surface area contributed by atoms with Crippen LogP contribution >= 0.6 is 11.6 Å². The number of aryl methyl sites for hydroxylation is 1. The number of rotatable bonds is 4. The van der Waals surface area contributed by atoms with Crippen molar-refractivity contribution >= 4 is 44.8 Å². The molecular formula is C21H22ClN3O5S. The van der Waals surface area contributed by atoms with E-state index in [0.29, 0.717) is 41.5 Å². The second-order valence-electron chi connectivity index (χ2n) is 7.65. The number of halogens is 1. The lowest BCUT2D eigenvalue weighted by Crippen LogP contribution is -2.43. The van der Waals surface area contributed by atoms with E-state index in [0.717, 1.165) is 5.56 Å². The minimum atomic E-state index is -3.84. The minimum Gasteiger partial charge on any atom is -0.482 e. The van der Waals surface area contributed by atoms with E-state index in [1.54, 1.807) is 18.2 Å². The summed E-state index contributed by atoms with van der Waals surface area (Å²) in [6, 6.07) is 9.55. The summed E-state index contributed by atoms with van der Waals surface area (Å²) < 4.78 is 33.0. The van der Waals surface area contributed by atoms with Crippen molar-refractivity contribution in [1.82, 2.24) is 4.31 Å². The molecule has 1 saturated heterocycles. The Morgan fingerprint density at radius 2 is 2.06 bits per heavy atom. The van der Waals surface area contributed by atoms with Crippen molar-refractivity contribution in [2.24, 2.45) is 5.92 Å². The monoisotopic (exact) mass is 463 g/mol. The number of ether oxygens (including phenoxy) is 1. The number of nitrogens with one attached hydrogen (secondary N) is 2. The number of anilines is 2. The largest absolute Gasteiger partial charge is 0.482 e. The van der Waals surface area contributed by atoms with E-state index < -0.39 is 15.9 Å². The SMILES string of the molecule is Cc1cc(Cl)ccc1NC(=O)[C@H]1CCCN(S(=O)(=O)c2ccc3c(c2)NC(=O)CO3)C1. The summed E-state index contributed by atoms with van der Waals surface area (Å²) >= 11 is 5.96. The zero-order valence-electron chi connectivity index (χ0n) is 16.9. The summed E-state index contributed by atoms with van der Waals surface area (Å²) in [4.78, 5) is 24.4. The first kappa shape index (κ1) is 21.6. The van der Waals surface area contributed by atoms with Gasteiger partial charge in [-0.3, -0.25) is 9.59 Å². The summed E-state index contributed by atoms with van der Waals surface area (Å²) in [6.45, 7) is 2.15. The summed E-state index contributed by atoms with van der Waals surface area (Å²) in [5, 5.41) is 6.08. The van der Waals surface area contributed by atoms with Crippen LogP contribution in [0, 0.1) is 12.8 Å². The lowest BCUT2D eigenvalue weighted by atomic mass is 9.98. The molecule has 2 amide bonds.